The number of rotatable bonds is 5. The second-order valence-electron chi connectivity index (χ2n) is 8.51. The number of aromatic nitrogens is 2. The average molecular weight is 379 g/mol. The van der Waals surface area contributed by atoms with Gasteiger partial charge in [-0.1, -0.05) is 20.8 Å². The minimum absolute atomic E-state index is 0.240. The van der Waals surface area contributed by atoms with Crippen LogP contribution in [-0.2, 0) is 12.8 Å². The highest BCUT2D eigenvalue weighted by molar-refractivity contribution is 5.77. The van der Waals surface area contributed by atoms with Crippen molar-refractivity contribution in [1.29, 1.82) is 0 Å². The third-order valence-electron chi connectivity index (χ3n) is 5.69. The van der Waals surface area contributed by atoms with Gasteiger partial charge in [0.05, 0.1) is 6.26 Å². The lowest BCUT2D eigenvalue weighted by Crippen LogP contribution is -2.46. The first kappa shape index (κ1) is 18.9. The van der Waals surface area contributed by atoms with Crippen molar-refractivity contribution >= 4 is 16.8 Å². The van der Waals surface area contributed by atoms with Crippen molar-refractivity contribution in [2.24, 2.45) is 11.7 Å². The molecule has 0 aliphatic carbocycles. The average Bonchev–Trinajstić information content (AvgIpc) is 3.09. The van der Waals surface area contributed by atoms with Crippen molar-refractivity contribution in [1.82, 2.24) is 9.97 Å². The maximum atomic E-state index is 6.27. The maximum Gasteiger partial charge on any atom is 0.152 e. The van der Waals surface area contributed by atoms with E-state index in [-0.39, 0.29) is 6.04 Å². The fraction of sp³-hybridized carbons (Fsp3) is 0.478. The van der Waals surface area contributed by atoms with Gasteiger partial charge < -0.3 is 15.1 Å². The van der Waals surface area contributed by atoms with E-state index in [0.717, 1.165) is 49.1 Å². The summed E-state index contributed by atoms with van der Waals surface area (Å²) in [5.74, 6) is 1.02. The van der Waals surface area contributed by atoms with E-state index < -0.39 is 0 Å². The topological polar surface area (TPSA) is 68.2 Å². The zero-order chi connectivity index (χ0) is 19.7. The predicted octanol–water partition coefficient (Wildman–Crippen LogP) is 4.30. The van der Waals surface area contributed by atoms with Gasteiger partial charge in [0, 0.05) is 48.5 Å². The summed E-state index contributed by atoms with van der Waals surface area (Å²) in [5.41, 5.74) is 12.9. The molecule has 0 bridgehead atoms. The standard InChI is InChI=1S/C23H30N4O/c1-15(2)20-14-28-22-7-6-19(26-23(20)22)5-4-17-11-25-9-8-21(17)27-12-16(3)10-18(24)13-27/h6-9,11,14-16,18H,4-5,10,12-13,24H2,1-3H3/t16-,18+/m1/s1. The lowest BCUT2D eigenvalue weighted by atomic mass is 9.95. The van der Waals surface area contributed by atoms with Crippen LogP contribution < -0.4 is 10.6 Å². The Morgan fingerprint density at radius 1 is 1.21 bits per heavy atom. The van der Waals surface area contributed by atoms with Gasteiger partial charge >= 0.3 is 0 Å². The molecule has 0 unspecified atom stereocenters. The van der Waals surface area contributed by atoms with E-state index in [2.05, 4.69) is 42.8 Å². The summed E-state index contributed by atoms with van der Waals surface area (Å²) in [6, 6.07) is 6.48. The van der Waals surface area contributed by atoms with Crippen LogP contribution in [0.15, 0.2) is 41.3 Å². The van der Waals surface area contributed by atoms with Crippen LogP contribution in [0.1, 0.15) is 49.9 Å². The quantitative estimate of drug-likeness (QED) is 0.717. The molecular formula is C23H30N4O. The van der Waals surface area contributed by atoms with E-state index in [1.54, 1.807) is 0 Å². The zero-order valence-corrected chi connectivity index (χ0v) is 17.1. The van der Waals surface area contributed by atoms with Gasteiger partial charge in [0.15, 0.2) is 5.58 Å². The number of aryl methyl sites for hydroxylation is 2. The fourth-order valence-electron chi connectivity index (χ4n) is 4.30. The molecule has 5 nitrogen and oxygen atoms in total. The molecule has 4 heterocycles. The molecule has 0 amide bonds. The van der Waals surface area contributed by atoms with Crippen LogP contribution in [0.3, 0.4) is 0 Å². The molecule has 3 aromatic heterocycles. The Kier molecular flexibility index (Phi) is 5.36. The molecule has 5 heteroatoms. The number of nitrogens with zero attached hydrogens (tertiary/aromatic N) is 3. The predicted molar refractivity (Wildman–Crippen MR) is 114 cm³/mol. The Labute approximate surface area is 167 Å². The first-order valence-electron chi connectivity index (χ1n) is 10.3. The molecule has 1 saturated heterocycles. The molecule has 0 spiro atoms. The number of anilines is 1. The molecular weight excluding hydrogens is 348 g/mol. The molecule has 0 aromatic carbocycles. The van der Waals surface area contributed by atoms with Crippen LogP contribution in [0.4, 0.5) is 5.69 Å². The maximum absolute atomic E-state index is 6.27. The van der Waals surface area contributed by atoms with E-state index in [1.807, 2.05) is 24.7 Å². The van der Waals surface area contributed by atoms with E-state index in [0.29, 0.717) is 11.8 Å². The number of furan rings is 1. The van der Waals surface area contributed by atoms with Gasteiger partial charge in [-0.2, -0.15) is 0 Å². The van der Waals surface area contributed by atoms with Gasteiger partial charge in [0.1, 0.15) is 5.52 Å². The van der Waals surface area contributed by atoms with Gasteiger partial charge in [0.25, 0.3) is 0 Å². The minimum Gasteiger partial charge on any atom is -0.462 e. The Bertz CT molecular complexity index is 939. The Morgan fingerprint density at radius 3 is 2.86 bits per heavy atom. The second kappa shape index (κ2) is 7.92. The summed E-state index contributed by atoms with van der Waals surface area (Å²) in [4.78, 5) is 11.7. The fourth-order valence-corrected chi connectivity index (χ4v) is 4.30. The second-order valence-corrected chi connectivity index (χ2v) is 8.51. The highest BCUT2D eigenvalue weighted by Gasteiger charge is 2.23. The lowest BCUT2D eigenvalue weighted by molar-refractivity contribution is 0.401. The minimum atomic E-state index is 0.240. The van der Waals surface area contributed by atoms with Gasteiger partial charge in [-0.25, -0.2) is 4.98 Å². The molecule has 0 radical (unpaired) electrons. The Balaban J connectivity index is 1.54. The molecule has 0 saturated carbocycles. The van der Waals surface area contributed by atoms with E-state index in [4.69, 9.17) is 15.1 Å². The van der Waals surface area contributed by atoms with Crippen LogP contribution in [0.25, 0.3) is 11.1 Å². The van der Waals surface area contributed by atoms with E-state index in [9.17, 15) is 0 Å². The van der Waals surface area contributed by atoms with Crippen LogP contribution in [0.2, 0.25) is 0 Å². The highest BCUT2D eigenvalue weighted by atomic mass is 16.3. The lowest BCUT2D eigenvalue weighted by Gasteiger charge is -2.37. The summed E-state index contributed by atoms with van der Waals surface area (Å²) in [6.07, 6.45) is 8.61. The molecule has 148 valence electrons. The van der Waals surface area contributed by atoms with Gasteiger partial charge in [-0.15, -0.1) is 0 Å². The van der Waals surface area contributed by atoms with Crippen molar-refractivity contribution < 1.29 is 4.42 Å². The van der Waals surface area contributed by atoms with E-state index in [1.165, 1.54) is 16.8 Å². The van der Waals surface area contributed by atoms with Crippen LogP contribution in [0.5, 0.6) is 0 Å². The van der Waals surface area contributed by atoms with Crippen LogP contribution in [0, 0.1) is 5.92 Å². The molecule has 1 aliphatic rings. The first-order valence-corrected chi connectivity index (χ1v) is 10.3. The third-order valence-corrected chi connectivity index (χ3v) is 5.69. The number of fused-ring (bicyclic) bond motifs is 1. The SMILES string of the molecule is CC(C)c1coc2ccc(CCc3cnccc3N3C[C@H](C)C[C@H](N)C3)nc12. The number of piperidine rings is 1. The highest BCUT2D eigenvalue weighted by Crippen LogP contribution is 2.28. The molecule has 1 aliphatic heterocycles. The van der Waals surface area contributed by atoms with Crippen LogP contribution >= 0.6 is 0 Å². The number of pyridine rings is 2. The third kappa shape index (κ3) is 3.90. The van der Waals surface area contributed by atoms with Gasteiger partial charge in [-0.3, -0.25) is 4.98 Å². The zero-order valence-electron chi connectivity index (χ0n) is 17.1. The molecule has 3 aromatic rings. The molecule has 28 heavy (non-hydrogen) atoms. The summed E-state index contributed by atoms with van der Waals surface area (Å²) in [5, 5.41) is 0. The Hall–Kier alpha value is -2.40. The summed E-state index contributed by atoms with van der Waals surface area (Å²) in [6.45, 7) is 8.60. The molecule has 4 rings (SSSR count). The normalized spacial score (nSPS) is 20.2. The van der Waals surface area contributed by atoms with Crippen molar-refractivity contribution in [3.63, 3.8) is 0 Å². The van der Waals surface area contributed by atoms with Crippen molar-refractivity contribution in [3.05, 3.63) is 53.7 Å². The number of hydrogen-bond donors (Lipinski definition) is 1. The van der Waals surface area contributed by atoms with Crippen LogP contribution in [-0.4, -0.2) is 29.1 Å². The smallest absolute Gasteiger partial charge is 0.152 e. The van der Waals surface area contributed by atoms with Gasteiger partial charge in [-0.05, 0) is 54.9 Å². The van der Waals surface area contributed by atoms with Crippen molar-refractivity contribution in [2.45, 2.75) is 52.0 Å². The van der Waals surface area contributed by atoms with Crippen molar-refractivity contribution in [3.8, 4) is 0 Å². The molecule has 1 fully saturated rings. The monoisotopic (exact) mass is 378 g/mol. The number of hydrogen-bond acceptors (Lipinski definition) is 5. The molecule has 2 atom stereocenters. The van der Waals surface area contributed by atoms with Gasteiger partial charge in [0.2, 0.25) is 0 Å². The van der Waals surface area contributed by atoms with E-state index >= 15 is 0 Å². The first-order chi connectivity index (χ1) is 13.5. The summed E-state index contributed by atoms with van der Waals surface area (Å²) in [7, 11) is 0. The number of nitrogens with two attached hydrogens (primary N) is 1. The largest absolute Gasteiger partial charge is 0.462 e. The van der Waals surface area contributed by atoms with Crippen molar-refractivity contribution in [2.75, 3.05) is 18.0 Å². The molecule has 2 N–H and O–H groups in total. The summed E-state index contributed by atoms with van der Waals surface area (Å²) >= 11 is 0. The summed E-state index contributed by atoms with van der Waals surface area (Å²) < 4.78 is 5.66. The Morgan fingerprint density at radius 2 is 2.07 bits per heavy atom.